The normalized spacial score (nSPS) is 18.1. The Morgan fingerprint density at radius 3 is 2.09 bits per heavy atom. The zero-order valence-electron chi connectivity index (χ0n) is 12.3. The van der Waals surface area contributed by atoms with Gasteiger partial charge in [0.15, 0.2) is 0 Å². The van der Waals surface area contributed by atoms with Crippen molar-refractivity contribution in [3.05, 3.63) is 64.1 Å². The molecular formula is C17H16Cl2N2O2. The molecule has 0 aromatic heterocycles. The molecule has 1 aliphatic rings. The molecule has 0 saturated carbocycles. The van der Waals surface area contributed by atoms with E-state index in [1.807, 2.05) is 36.4 Å². The Kier molecular flexibility index (Phi) is 4.64. The Morgan fingerprint density at radius 2 is 1.52 bits per heavy atom. The fourth-order valence-electron chi connectivity index (χ4n) is 2.87. The van der Waals surface area contributed by atoms with Crippen LogP contribution < -0.4 is 4.90 Å². The van der Waals surface area contributed by atoms with Gasteiger partial charge in [0.2, 0.25) is 0 Å². The molecule has 1 saturated heterocycles. The summed E-state index contributed by atoms with van der Waals surface area (Å²) in [5.74, 6) is 0. The lowest BCUT2D eigenvalue weighted by atomic mass is 10.0. The van der Waals surface area contributed by atoms with Crippen molar-refractivity contribution in [2.75, 3.05) is 24.5 Å². The van der Waals surface area contributed by atoms with Crippen LogP contribution in [0.2, 0.25) is 10.0 Å². The zero-order valence-corrected chi connectivity index (χ0v) is 13.8. The van der Waals surface area contributed by atoms with E-state index < -0.39 is 6.09 Å². The fourth-order valence-corrected chi connectivity index (χ4v) is 3.12. The smallest absolute Gasteiger partial charge is 0.407 e. The highest BCUT2D eigenvalue weighted by Gasteiger charge is 2.31. The van der Waals surface area contributed by atoms with Crippen LogP contribution >= 0.6 is 23.2 Å². The number of rotatable bonds is 2. The van der Waals surface area contributed by atoms with Crippen LogP contribution in [0.3, 0.4) is 0 Å². The molecule has 0 spiro atoms. The van der Waals surface area contributed by atoms with Crippen molar-refractivity contribution in [3.8, 4) is 0 Å². The van der Waals surface area contributed by atoms with Crippen molar-refractivity contribution in [2.45, 2.75) is 6.04 Å². The van der Waals surface area contributed by atoms with Crippen LogP contribution in [0.1, 0.15) is 11.6 Å². The van der Waals surface area contributed by atoms with Gasteiger partial charge in [-0.25, -0.2) is 4.79 Å². The van der Waals surface area contributed by atoms with Gasteiger partial charge in [-0.05, 0) is 42.0 Å². The van der Waals surface area contributed by atoms with E-state index in [0.29, 0.717) is 29.7 Å². The van der Waals surface area contributed by atoms with Gasteiger partial charge in [0.1, 0.15) is 0 Å². The van der Waals surface area contributed by atoms with Crippen LogP contribution in [0, 0.1) is 0 Å². The minimum absolute atomic E-state index is 0.228. The zero-order chi connectivity index (χ0) is 16.4. The molecule has 1 unspecified atom stereocenters. The number of amides is 1. The minimum atomic E-state index is -0.902. The second-order valence-electron chi connectivity index (χ2n) is 5.47. The summed E-state index contributed by atoms with van der Waals surface area (Å²) in [5, 5.41) is 10.8. The lowest BCUT2D eigenvalue weighted by Crippen LogP contribution is -2.50. The Balaban J connectivity index is 1.87. The van der Waals surface area contributed by atoms with Crippen LogP contribution in [0.4, 0.5) is 10.5 Å². The van der Waals surface area contributed by atoms with Crippen molar-refractivity contribution >= 4 is 35.0 Å². The number of benzene rings is 2. The highest BCUT2D eigenvalue weighted by Crippen LogP contribution is 2.30. The van der Waals surface area contributed by atoms with E-state index in [1.54, 1.807) is 12.1 Å². The third-order valence-corrected chi connectivity index (χ3v) is 4.58. The third kappa shape index (κ3) is 3.54. The lowest BCUT2D eigenvalue weighted by molar-refractivity contribution is 0.118. The molecule has 1 aliphatic heterocycles. The highest BCUT2D eigenvalue weighted by atomic mass is 35.5. The average molecular weight is 351 g/mol. The van der Waals surface area contributed by atoms with Gasteiger partial charge in [-0.1, -0.05) is 35.3 Å². The second kappa shape index (κ2) is 6.69. The fraction of sp³-hybridized carbons (Fsp3) is 0.235. The summed E-state index contributed by atoms with van der Waals surface area (Å²) in [6, 6.07) is 14.7. The number of hydrogen-bond donors (Lipinski definition) is 1. The van der Waals surface area contributed by atoms with Crippen LogP contribution in [0.5, 0.6) is 0 Å². The molecule has 3 rings (SSSR count). The van der Waals surface area contributed by atoms with Gasteiger partial charge >= 0.3 is 6.09 Å². The topological polar surface area (TPSA) is 43.8 Å². The SMILES string of the molecule is O=C(O)N1CCN(c2ccc(Cl)cc2)CC1c1ccc(Cl)cc1. The summed E-state index contributed by atoms with van der Waals surface area (Å²) in [4.78, 5) is 15.2. The Labute approximate surface area is 144 Å². The summed E-state index contributed by atoms with van der Waals surface area (Å²) in [6.07, 6.45) is -0.902. The molecule has 0 bridgehead atoms. The molecule has 1 heterocycles. The predicted molar refractivity (Wildman–Crippen MR) is 92.6 cm³/mol. The van der Waals surface area contributed by atoms with Crippen LogP contribution in [0.25, 0.3) is 0 Å². The summed E-state index contributed by atoms with van der Waals surface area (Å²) in [6.45, 7) is 1.69. The van der Waals surface area contributed by atoms with Crippen molar-refractivity contribution in [1.82, 2.24) is 4.90 Å². The number of anilines is 1. The largest absolute Gasteiger partial charge is 0.465 e. The van der Waals surface area contributed by atoms with Crippen molar-refractivity contribution in [3.63, 3.8) is 0 Å². The van der Waals surface area contributed by atoms with E-state index in [0.717, 1.165) is 11.3 Å². The number of piperazine rings is 1. The van der Waals surface area contributed by atoms with Crippen molar-refractivity contribution in [2.24, 2.45) is 0 Å². The molecule has 1 N–H and O–H groups in total. The molecule has 120 valence electrons. The molecule has 2 aromatic rings. The molecule has 2 aromatic carbocycles. The summed E-state index contributed by atoms with van der Waals surface area (Å²) >= 11 is 11.9. The Hall–Kier alpha value is -1.91. The first-order valence-electron chi connectivity index (χ1n) is 7.30. The molecule has 1 atom stereocenters. The first-order valence-corrected chi connectivity index (χ1v) is 8.06. The second-order valence-corrected chi connectivity index (χ2v) is 6.34. The molecule has 6 heteroatoms. The summed E-state index contributed by atoms with van der Waals surface area (Å²) < 4.78 is 0. The minimum Gasteiger partial charge on any atom is -0.465 e. The number of carboxylic acid groups (broad SMARTS) is 1. The number of carbonyl (C=O) groups is 1. The number of nitrogens with zero attached hydrogens (tertiary/aromatic N) is 2. The van der Waals surface area contributed by atoms with E-state index >= 15 is 0 Å². The van der Waals surface area contributed by atoms with Gasteiger partial charge in [-0.15, -0.1) is 0 Å². The molecule has 0 aliphatic carbocycles. The maximum absolute atomic E-state index is 11.6. The molecule has 1 amide bonds. The maximum Gasteiger partial charge on any atom is 0.407 e. The van der Waals surface area contributed by atoms with E-state index in [4.69, 9.17) is 23.2 Å². The highest BCUT2D eigenvalue weighted by molar-refractivity contribution is 6.30. The quantitative estimate of drug-likeness (QED) is 0.864. The van der Waals surface area contributed by atoms with Gasteiger partial charge in [0.05, 0.1) is 6.04 Å². The lowest BCUT2D eigenvalue weighted by Gasteiger charge is -2.41. The van der Waals surface area contributed by atoms with E-state index in [1.165, 1.54) is 4.90 Å². The van der Waals surface area contributed by atoms with Crippen molar-refractivity contribution < 1.29 is 9.90 Å². The molecule has 23 heavy (non-hydrogen) atoms. The van der Waals surface area contributed by atoms with E-state index in [2.05, 4.69) is 4.90 Å². The Morgan fingerprint density at radius 1 is 0.957 bits per heavy atom. The van der Waals surface area contributed by atoms with E-state index in [-0.39, 0.29) is 6.04 Å². The summed E-state index contributed by atoms with van der Waals surface area (Å²) in [7, 11) is 0. The monoisotopic (exact) mass is 350 g/mol. The van der Waals surface area contributed by atoms with Crippen molar-refractivity contribution in [1.29, 1.82) is 0 Å². The molecule has 4 nitrogen and oxygen atoms in total. The summed E-state index contributed by atoms with van der Waals surface area (Å²) in [5.41, 5.74) is 1.98. The van der Waals surface area contributed by atoms with Crippen LogP contribution in [-0.4, -0.2) is 35.7 Å². The van der Waals surface area contributed by atoms with E-state index in [9.17, 15) is 9.90 Å². The standard InChI is InChI=1S/C17H16Cl2N2O2/c18-13-3-1-12(2-4-13)16-11-20(9-10-21(16)17(22)23)15-7-5-14(19)6-8-15/h1-8,16H,9-11H2,(H,22,23). The average Bonchev–Trinajstić information content (AvgIpc) is 2.55. The number of halogens is 2. The maximum atomic E-state index is 11.6. The van der Waals surface area contributed by atoms with Crippen LogP contribution in [0.15, 0.2) is 48.5 Å². The van der Waals surface area contributed by atoms with Gasteiger partial charge in [0, 0.05) is 35.4 Å². The molecule has 0 radical (unpaired) electrons. The molecule has 1 fully saturated rings. The first-order chi connectivity index (χ1) is 11.0. The van der Waals surface area contributed by atoms with Gasteiger partial charge in [-0.3, -0.25) is 4.90 Å². The number of hydrogen-bond acceptors (Lipinski definition) is 2. The van der Waals surface area contributed by atoms with Gasteiger partial charge in [0.25, 0.3) is 0 Å². The predicted octanol–water partition coefficient (Wildman–Crippen LogP) is 4.53. The third-order valence-electron chi connectivity index (χ3n) is 4.07. The van der Waals surface area contributed by atoms with Gasteiger partial charge in [-0.2, -0.15) is 0 Å². The Bertz CT molecular complexity index is 689. The van der Waals surface area contributed by atoms with Crippen LogP contribution in [-0.2, 0) is 0 Å². The van der Waals surface area contributed by atoms with Gasteiger partial charge < -0.3 is 10.0 Å². The molecular weight excluding hydrogens is 335 g/mol. The first kappa shape index (κ1) is 16.0.